The molecular formula is C15H33N3O. The number of piperidine rings is 1. The number of rotatable bonds is 8. The Bertz CT molecular complexity index is 236. The van der Waals surface area contributed by atoms with E-state index >= 15 is 0 Å². The van der Waals surface area contributed by atoms with Crippen LogP contribution in [0.25, 0.3) is 0 Å². The van der Waals surface area contributed by atoms with Crippen molar-refractivity contribution in [2.75, 3.05) is 46.8 Å². The summed E-state index contributed by atoms with van der Waals surface area (Å²) in [5, 5.41) is 9.84. The van der Waals surface area contributed by atoms with Gasteiger partial charge in [0.1, 0.15) is 0 Å². The van der Waals surface area contributed by atoms with Crippen molar-refractivity contribution in [2.24, 2.45) is 11.7 Å². The minimum atomic E-state index is -0.668. The molecule has 3 N–H and O–H groups in total. The van der Waals surface area contributed by atoms with Crippen molar-refractivity contribution in [2.45, 2.75) is 44.6 Å². The molecule has 1 rings (SSSR count). The van der Waals surface area contributed by atoms with Crippen LogP contribution in [0.2, 0.25) is 0 Å². The summed E-state index contributed by atoms with van der Waals surface area (Å²) >= 11 is 0. The molecule has 1 fully saturated rings. The molecule has 0 bridgehead atoms. The lowest BCUT2D eigenvalue weighted by Crippen LogP contribution is -2.38. The van der Waals surface area contributed by atoms with Gasteiger partial charge < -0.3 is 20.6 Å². The quantitative estimate of drug-likeness (QED) is 0.650. The summed E-state index contributed by atoms with van der Waals surface area (Å²) in [5.41, 5.74) is 4.85. The van der Waals surface area contributed by atoms with E-state index < -0.39 is 5.60 Å². The zero-order chi connectivity index (χ0) is 14.3. The van der Waals surface area contributed by atoms with Crippen LogP contribution in [0.1, 0.15) is 39.0 Å². The van der Waals surface area contributed by atoms with Crippen LogP contribution in [0.4, 0.5) is 0 Å². The van der Waals surface area contributed by atoms with Crippen molar-refractivity contribution in [3.05, 3.63) is 0 Å². The molecule has 1 heterocycles. The highest BCUT2D eigenvalue weighted by atomic mass is 16.3. The van der Waals surface area contributed by atoms with E-state index in [1.54, 1.807) is 0 Å². The molecule has 1 aliphatic heterocycles. The maximum atomic E-state index is 9.84. The molecule has 0 aromatic heterocycles. The first-order valence-electron chi connectivity index (χ1n) is 7.72. The van der Waals surface area contributed by atoms with Crippen LogP contribution in [-0.2, 0) is 0 Å². The molecule has 0 radical (unpaired) electrons. The fraction of sp³-hybridized carbons (Fsp3) is 1.00. The van der Waals surface area contributed by atoms with Crippen LogP contribution in [-0.4, -0.2) is 67.3 Å². The second-order valence-electron chi connectivity index (χ2n) is 6.71. The minimum absolute atomic E-state index is 0.364. The van der Waals surface area contributed by atoms with Gasteiger partial charge in [-0.05, 0) is 78.7 Å². The Morgan fingerprint density at radius 2 is 1.89 bits per heavy atom. The van der Waals surface area contributed by atoms with Gasteiger partial charge >= 0.3 is 0 Å². The van der Waals surface area contributed by atoms with Gasteiger partial charge in [0.05, 0.1) is 5.60 Å². The van der Waals surface area contributed by atoms with Crippen molar-refractivity contribution in [1.29, 1.82) is 0 Å². The van der Waals surface area contributed by atoms with Gasteiger partial charge in [-0.1, -0.05) is 0 Å². The molecule has 0 aliphatic carbocycles. The third-order valence-corrected chi connectivity index (χ3v) is 4.21. The van der Waals surface area contributed by atoms with Crippen LogP contribution < -0.4 is 5.73 Å². The lowest BCUT2D eigenvalue weighted by atomic mass is 9.95. The highest BCUT2D eigenvalue weighted by molar-refractivity contribution is 4.75. The zero-order valence-electron chi connectivity index (χ0n) is 13.1. The molecule has 0 saturated carbocycles. The Morgan fingerprint density at radius 1 is 1.26 bits per heavy atom. The molecule has 114 valence electrons. The Balaban J connectivity index is 2.07. The molecule has 1 saturated heterocycles. The highest BCUT2D eigenvalue weighted by Crippen LogP contribution is 2.19. The SMILES string of the molecule is CN(C)CC1CCN(CCCCC(C)(O)CN)CC1. The number of hydrogen-bond acceptors (Lipinski definition) is 4. The number of unbranched alkanes of at least 4 members (excludes halogenated alkanes) is 1. The topological polar surface area (TPSA) is 52.7 Å². The molecule has 4 nitrogen and oxygen atoms in total. The molecule has 0 aromatic rings. The van der Waals surface area contributed by atoms with Crippen molar-refractivity contribution in [1.82, 2.24) is 9.80 Å². The van der Waals surface area contributed by atoms with Crippen LogP contribution in [0.15, 0.2) is 0 Å². The fourth-order valence-electron chi connectivity index (χ4n) is 2.85. The van der Waals surface area contributed by atoms with E-state index in [-0.39, 0.29) is 0 Å². The van der Waals surface area contributed by atoms with Crippen molar-refractivity contribution in [3.8, 4) is 0 Å². The molecule has 19 heavy (non-hydrogen) atoms. The van der Waals surface area contributed by atoms with Crippen LogP contribution in [0.5, 0.6) is 0 Å². The summed E-state index contributed by atoms with van der Waals surface area (Å²) in [6, 6.07) is 0. The summed E-state index contributed by atoms with van der Waals surface area (Å²) in [6.45, 7) is 7.09. The van der Waals surface area contributed by atoms with E-state index in [0.29, 0.717) is 6.54 Å². The van der Waals surface area contributed by atoms with E-state index in [0.717, 1.165) is 18.8 Å². The first-order valence-corrected chi connectivity index (χ1v) is 7.72. The second-order valence-corrected chi connectivity index (χ2v) is 6.71. The highest BCUT2D eigenvalue weighted by Gasteiger charge is 2.20. The third kappa shape index (κ3) is 7.25. The van der Waals surface area contributed by atoms with E-state index in [2.05, 4.69) is 23.9 Å². The van der Waals surface area contributed by atoms with Crippen LogP contribution >= 0.6 is 0 Å². The second kappa shape index (κ2) is 8.20. The summed E-state index contributed by atoms with van der Waals surface area (Å²) in [6.07, 6.45) is 5.73. The van der Waals surface area contributed by atoms with Gasteiger partial charge in [-0.15, -0.1) is 0 Å². The van der Waals surface area contributed by atoms with Gasteiger partial charge in [0.15, 0.2) is 0 Å². The molecule has 1 unspecified atom stereocenters. The number of nitrogens with two attached hydrogens (primary N) is 1. The molecular weight excluding hydrogens is 238 g/mol. The standard InChI is InChI=1S/C15H33N3O/c1-15(19,13-16)8-4-5-9-18-10-6-14(7-11-18)12-17(2)3/h14,19H,4-13,16H2,1-3H3. The summed E-state index contributed by atoms with van der Waals surface area (Å²) in [4.78, 5) is 4.87. The van der Waals surface area contributed by atoms with E-state index in [4.69, 9.17) is 5.73 Å². The molecule has 0 spiro atoms. The van der Waals surface area contributed by atoms with Gasteiger partial charge in [-0.3, -0.25) is 0 Å². The Kier molecular flexibility index (Phi) is 7.29. The Hall–Kier alpha value is -0.160. The van der Waals surface area contributed by atoms with Crippen LogP contribution in [0.3, 0.4) is 0 Å². The van der Waals surface area contributed by atoms with Crippen molar-refractivity contribution >= 4 is 0 Å². The molecule has 1 atom stereocenters. The fourth-order valence-corrected chi connectivity index (χ4v) is 2.85. The smallest absolute Gasteiger partial charge is 0.0741 e. The predicted molar refractivity (Wildman–Crippen MR) is 81.2 cm³/mol. The average Bonchev–Trinajstić information content (AvgIpc) is 2.36. The van der Waals surface area contributed by atoms with Crippen molar-refractivity contribution < 1.29 is 5.11 Å². The first kappa shape index (κ1) is 16.9. The van der Waals surface area contributed by atoms with Gasteiger partial charge in [0.2, 0.25) is 0 Å². The minimum Gasteiger partial charge on any atom is -0.389 e. The van der Waals surface area contributed by atoms with Gasteiger partial charge in [0.25, 0.3) is 0 Å². The van der Waals surface area contributed by atoms with E-state index in [9.17, 15) is 5.11 Å². The summed E-state index contributed by atoms with van der Waals surface area (Å²) < 4.78 is 0. The van der Waals surface area contributed by atoms with Gasteiger partial charge in [-0.2, -0.15) is 0 Å². The number of nitrogens with zero attached hydrogens (tertiary/aromatic N) is 2. The van der Waals surface area contributed by atoms with E-state index in [1.807, 2.05) is 6.92 Å². The zero-order valence-corrected chi connectivity index (χ0v) is 13.1. The molecule has 0 amide bonds. The van der Waals surface area contributed by atoms with Crippen molar-refractivity contribution in [3.63, 3.8) is 0 Å². The average molecular weight is 271 g/mol. The maximum Gasteiger partial charge on any atom is 0.0741 e. The van der Waals surface area contributed by atoms with Crippen LogP contribution in [0, 0.1) is 5.92 Å². The molecule has 1 aliphatic rings. The number of aliphatic hydroxyl groups is 1. The lowest BCUT2D eigenvalue weighted by Gasteiger charge is -2.33. The lowest BCUT2D eigenvalue weighted by molar-refractivity contribution is 0.0558. The predicted octanol–water partition coefficient (Wildman–Crippen LogP) is 1.14. The number of likely N-dealkylation sites (tertiary alicyclic amines) is 1. The maximum absolute atomic E-state index is 9.84. The van der Waals surface area contributed by atoms with E-state index in [1.165, 1.54) is 45.4 Å². The normalized spacial score (nSPS) is 21.8. The monoisotopic (exact) mass is 271 g/mol. The Morgan fingerprint density at radius 3 is 2.42 bits per heavy atom. The third-order valence-electron chi connectivity index (χ3n) is 4.21. The first-order chi connectivity index (χ1) is 8.93. The summed E-state index contributed by atoms with van der Waals surface area (Å²) in [7, 11) is 4.32. The summed E-state index contributed by atoms with van der Waals surface area (Å²) in [5.74, 6) is 0.879. The van der Waals surface area contributed by atoms with Gasteiger partial charge in [0, 0.05) is 13.1 Å². The largest absolute Gasteiger partial charge is 0.389 e. The number of hydrogen-bond donors (Lipinski definition) is 2. The van der Waals surface area contributed by atoms with Gasteiger partial charge in [-0.25, -0.2) is 0 Å². The Labute approximate surface area is 118 Å². The molecule has 4 heteroatoms. The molecule has 0 aromatic carbocycles.